The molecule has 0 amide bonds. The molecule has 1 aromatic carbocycles. The Bertz CT molecular complexity index is 612. The summed E-state index contributed by atoms with van der Waals surface area (Å²) >= 11 is 0. The van der Waals surface area contributed by atoms with Crippen LogP contribution in [0.3, 0.4) is 0 Å². The van der Waals surface area contributed by atoms with Gasteiger partial charge in [0.05, 0.1) is 7.11 Å². The second-order valence-electron chi connectivity index (χ2n) is 5.20. The van der Waals surface area contributed by atoms with Crippen LogP contribution in [0, 0.1) is 6.92 Å². The molecule has 1 aromatic heterocycles. The molecule has 0 bridgehead atoms. The van der Waals surface area contributed by atoms with Crippen molar-refractivity contribution < 1.29 is 4.74 Å². The smallest absolute Gasteiger partial charge is 0.218 e. The van der Waals surface area contributed by atoms with Gasteiger partial charge in [0.15, 0.2) is 0 Å². The van der Waals surface area contributed by atoms with Gasteiger partial charge >= 0.3 is 0 Å². The van der Waals surface area contributed by atoms with E-state index in [1.807, 2.05) is 13.0 Å². The fraction of sp³-hybridized carbons (Fsp3) is 0.375. The highest BCUT2D eigenvalue weighted by Crippen LogP contribution is 2.24. The molecule has 1 unspecified atom stereocenters. The highest BCUT2D eigenvalue weighted by molar-refractivity contribution is 5.41. The largest absolute Gasteiger partial charge is 0.481 e. The number of benzene rings is 1. The van der Waals surface area contributed by atoms with Gasteiger partial charge in [-0.2, -0.15) is 4.98 Å². The van der Waals surface area contributed by atoms with E-state index in [1.165, 1.54) is 11.1 Å². The second kappa shape index (κ2) is 5.49. The number of ether oxygens (including phenoxy) is 1. The molecule has 0 spiro atoms. The molecule has 1 aliphatic carbocycles. The van der Waals surface area contributed by atoms with Gasteiger partial charge in [0.2, 0.25) is 5.88 Å². The maximum atomic E-state index is 5.19. The van der Waals surface area contributed by atoms with E-state index in [2.05, 4.69) is 39.6 Å². The molecule has 20 heavy (non-hydrogen) atoms. The first kappa shape index (κ1) is 12.9. The predicted octanol–water partition coefficient (Wildman–Crippen LogP) is 2.76. The Balaban J connectivity index is 1.75. The Kier molecular flexibility index (Phi) is 3.54. The first-order valence-electron chi connectivity index (χ1n) is 6.97. The molecule has 1 aliphatic rings. The van der Waals surface area contributed by atoms with Gasteiger partial charge in [-0.25, -0.2) is 4.98 Å². The monoisotopic (exact) mass is 269 g/mol. The lowest BCUT2D eigenvalue weighted by Crippen LogP contribution is -2.27. The molecule has 4 nitrogen and oxygen atoms in total. The molecule has 3 rings (SSSR count). The van der Waals surface area contributed by atoms with Crippen molar-refractivity contribution >= 4 is 5.82 Å². The number of nitrogens with zero attached hydrogens (tertiary/aromatic N) is 2. The summed E-state index contributed by atoms with van der Waals surface area (Å²) in [6.07, 6.45) is 3.29. The lowest BCUT2D eigenvalue weighted by molar-refractivity contribution is 0.395. The third-order valence-corrected chi connectivity index (χ3v) is 3.72. The molecule has 0 saturated carbocycles. The molecular weight excluding hydrogens is 250 g/mol. The van der Waals surface area contributed by atoms with Gasteiger partial charge in [0.1, 0.15) is 11.6 Å². The van der Waals surface area contributed by atoms with Gasteiger partial charge in [-0.1, -0.05) is 24.3 Å². The number of hydrogen-bond acceptors (Lipinski definition) is 4. The Labute approximate surface area is 119 Å². The lowest BCUT2D eigenvalue weighted by atomic mass is 9.88. The highest BCUT2D eigenvalue weighted by Gasteiger charge is 2.18. The topological polar surface area (TPSA) is 47.0 Å². The van der Waals surface area contributed by atoms with Crippen molar-refractivity contribution in [1.29, 1.82) is 0 Å². The summed E-state index contributed by atoms with van der Waals surface area (Å²) in [5.74, 6) is 2.18. The van der Waals surface area contributed by atoms with E-state index in [4.69, 9.17) is 4.74 Å². The van der Waals surface area contributed by atoms with Crippen LogP contribution in [0.15, 0.2) is 30.3 Å². The van der Waals surface area contributed by atoms with E-state index in [0.717, 1.165) is 30.9 Å². The average molecular weight is 269 g/mol. The first-order valence-corrected chi connectivity index (χ1v) is 6.97. The van der Waals surface area contributed by atoms with E-state index in [9.17, 15) is 0 Å². The zero-order chi connectivity index (χ0) is 13.9. The lowest BCUT2D eigenvalue weighted by Gasteiger charge is -2.26. The minimum absolute atomic E-state index is 0.420. The Morgan fingerprint density at radius 1 is 1.20 bits per heavy atom. The van der Waals surface area contributed by atoms with Crippen LogP contribution in [0.4, 0.5) is 5.82 Å². The molecule has 1 N–H and O–H groups in total. The predicted molar refractivity (Wildman–Crippen MR) is 79.2 cm³/mol. The van der Waals surface area contributed by atoms with Gasteiger partial charge < -0.3 is 10.1 Å². The second-order valence-corrected chi connectivity index (χ2v) is 5.20. The van der Waals surface area contributed by atoms with Crippen LogP contribution in [0.2, 0.25) is 0 Å². The fourth-order valence-electron chi connectivity index (χ4n) is 2.75. The summed E-state index contributed by atoms with van der Waals surface area (Å²) < 4.78 is 5.19. The van der Waals surface area contributed by atoms with Crippen LogP contribution in [0.5, 0.6) is 5.88 Å². The van der Waals surface area contributed by atoms with Crippen LogP contribution < -0.4 is 10.1 Å². The summed E-state index contributed by atoms with van der Waals surface area (Å²) in [5.41, 5.74) is 2.91. The van der Waals surface area contributed by atoms with E-state index >= 15 is 0 Å². The quantitative estimate of drug-likeness (QED) is 0.930. The van der Waals surface area contributed by atoms with Crippen molar-refractivity contribution in [1.82, 2.24) is 9.97 Å². The zero-order valence-electron chi connectivity index (χ0n) is 11.9. The number of nitrogens with one attached hydrogen (secondary N) is 1. The van der Waals surface area contributed by atoms with Crippen LogP contribution in [0.25, 0.3) is 0 Å². The summed E-state index contributed by atoms with van der Waals surface area (Å²) in [7, 11) is 1.63. The highest BCUT2D eigenvalue weighted by atomic mass is 16.5. The molecule has 0 fully saturated rings. The molecule has 104 valence electrons. The number of rotatable bonds is 3. The first-order chi connectivity index (χ1) is 9.74. The SMILES string of the molecule is COc1cc(NC2CCc3ccccc3C2)nc(C)n1. The number of fused-ring (bicyclic) bond motifs is 1. The van der Waals surface area contributed by atoms with Crippen molar-refractivity contribution in [2.24, 2.45) is 0 Å². The van der Waals surface area contributed by atoms with Crippen molar-refractivity contribution in [2.45, 2.75) is 32.2 Å². The van der Waals surface area contributed by atoms with Crippen molar-refractivity contribution in [3.63, 3.8) is 0 Å². The van der Waals surface area contributed by atoms with Crippen molar-refractivity contribution in [3.05, 3.63) is 47.3 Å². The summed E-state index contributed by atoms with van der Waals surface area (Å²) in [6, 6.07) is 10.9. The molecule has 1 atom stereocenters. The van der Waals surface area contributed by atoms with Gasteiger partial charge in [-0.05, 0) is 37.3 Å². The van der Waals surface area contributed by atoms with Gasteiger partial charge in [-0.15, -0.1) is 0 Å². The Hall–Kier alpha value is -2.10. The van der Waals surface area contributed by atoms with Crippen LogP contribution in [-0.4, -0.2) is 23.1 Å². The van der Waals surface area contributed by atoms with Crippen molar-refractivity contribution in [2.75, 3.05) is 12.4 Å². The fourth-order valence-corrected chi connectivity index (χ4v) is 2.75. The number of anilines is 1. The molecule has 2 aromatic rings. The molecule has 0 aliphatic heterocycles. The standard InChI is InChI=1S/C16H19N3O/c1-11-17-15(10-16(18-11)20-2)19-14-8-7-12-5-3-4-6-13(12)9-14/h3-6,10,14H,7-9H2,1-2H3,(H,17,18,19). The maximum Gasteiger partial charge on any atom is 0.218 e. The van der Waals surface area contributed by atoms with Crippen LogP contribution in [-0.2, 0) is 12.8 Å². The van der Waals surface area contributed by atoms with E-state index in [0.29, 0.717) is 11.9 Å². The summed E-state index contributed by atoms with van der Waals surface area (Å²) in [4.78, 5) is 8.64. The molecule has 0 saturated heterocycles. The van der Waals surface area contributed by atoms with Gasteiger partial charge in [0.25, 0.3) is 0 Å². The maximum absolute atomic E-state index is 5.19. The Morgan fingerprint density at radius 3 is 2.80 bits per heavy atom. The molecule has 1 heterocycles. The molecule has 0 radical (unpaired) electrons. The van der Waals surface area contributed by atoms with E-state index < -0.39 is 0 Å². The normalized spacial score (nSPS) is 17.4. The minimum Gasteiger partial charge on any atom is -0.481 e. The number of aromatic nitrogens is 2. The molecular formula is C16H19N3O. The minimum atomic E-state index is 0.420. The van der Waals surface area contributed by atoms with Gasteiger partial charge in [0, 0.05) is 12.1 Å². The van der Waals surface area contributed by atoms with Gasteiger partial charge in [-0.3, -0.25) is 0 Å². The number of aryl methyl sites for hydroxylation is 2. The average Bonchev–Trinajstić information content (AvgIpc) is 2.46. The van der Waals surface area contributed by atoms with E-state index in [1.54, 1.807) is 7.11 Å². The zero-order valence-corrected chi connectivity index (χ0v) is 11.9. The number of methoxy groups -OCH3 is 1. The Morgan fingerprint density at radius 2 is 2.00 bits per heavy atom. The van der Waals surface area contributed by atoms with Crippen LogP contribution >= 0.6 is 0 Å². The van der Waals surface area contributed by atoms with Crippen molar-refractivity contribution in [3.8, 4) is 5.88 Å². The summed E-state index contributed by atoms with van der Waals surface area (Å²) in [6.45, 7) is 1.88. The number of hydrogen-bond donors (Lipinski definition) is 1. The third kappa shape index (κ3) is 2.74. The summed E-state index contributed by atoms with van der Waals surface area (Å²) in [5, 5.41) is 3.51. The third-order valence-electron chi connectivity index (χ3n) is 3.72. The van der Waals surface area contributed by atoms with E-state index in [-0.39, 0.29) is 0 Å². The van der Waals surface area contributed by atoms with Crippen LogP contribution in [0.1, 0.15) is 23.4 Å². The molecule has 4 heteroatoms.